The summed E-state index contributed by atoms with van der Waals surface area (Å²) in [7, 11) is 0. The van der Waals surface area contributed by atoms with Crippen LogP contribution in [0.15, 0.2) is 0 Å². The second-order valence-electron chi connectivity index (χ2n) is 8.29. The first-order valence-corrected chi connectivity index (χ1v) is 10.7. The zero-order valence-corrected chi connectivity index (χ0v) is 18.7. The van der Waals surface area contributed by atoms with Crippen molar-refractivity contribution in [2.75, 3.05) is 6.54 Å². The first kappa shape index (κ1) is 27.8. The van der Waals surface area contributed by atoms with Crippen LogP contribution in [0.2, 0.25) is 0 Å². The maximum absolute atomic E-state index is 12.9. The summed E-state index contributed by atoms with van der Waals surface area (Å²) in [6, 6.07) is -4.64. The Hall–Kier alpha value is -3.22. The Kier molecular flexibility index (Phi) is 10.7. The molecule has 7 N–H and O–H groups in total. The molecule has 0 aromatic rings. The molecule has 1 heterocycles. The van der Waals surface area contributed by atoms with Crippen LogP contribution in [-0.2, 0) is 28.8 Å². The van der Waals surface area contributed by atoms with E-state index in [9.17, 15) is 33.9 Å². The molecule has 0 aromatic heterocycles. The predicted octanol–water partition coefficient (Wildman–Crippen LogP) is -1.26. The molecule has 0 spiro atoms. The van der Waals surface area contributed by atoms with Crippen LogP contribution < -0.4 is 16.4 Å². The zero-order valence-electron chi connectivity index (χ0n) is 18.7. The number of nitrogens with zero attached hydrogens (tertiary/aromatic N) is 1. The number of carbonyl (C=O) groups is 6. The summed E-state index contributed by atoms with van der Waals surface area (Å²) in [5.74, 6) is -6.19. The second kappa shape index (κ2) is 12.7. The van der Waals surface area contributed by atoms with E-state index in [4.69, 9.17) is 15.9 Å². The number of carboxylic acids is 3. The number of carbonyl (C=O) groups excluding carboxylic acids is 3. The second-order valence-corrected chi connectivity index (χ2v) is 8.29. The number of likely N-dealkylation sites (tertiary alicyclic amines) is 1. The molecule has 0 saturated carbocycles. The van der Waals surface area contributed by atoms with Gasteiger partial charge in [-0.3, -0.25) is 24.0 Å². The molecule has 1 fully saturated rings. The maximum Gasteiger partial charge on any atom is 0.326 e. The van der Waals surface area contributed by atoms with E-state index in [-0.39, 0.29) is 32.2 Å². The number of hydrogen-bond acceptors (Lipinski definition) is 7. The van der Waals surface area contributed by atoms with E-state index in [1.54, 1.807) is 13.8 Å². The molecule has 33 heavy (non-hydrogen) atoms. The van der Waals surface area contributed by atoms with E-state index in [2.05, 4.69) is 10.6 Å². The lowest BCUT2D eigenvalue weighted by molar-refractivity contribution is -0.144. The van der Waals surface area contributed by atoms with E-state index in [0.717, 1.165) is 0 Å². The minimum atomic E-state index is -1.33. The van der Waals surface area contributed by atoms with Crippen molar-refractivity contribution in [3.8, 4) is 0 Å². The highest BCUT2D eigenvalue weighted by atomic mass is 16.4. The van der Waals surface area contributed by atoms with Gasteiger partial charge in [0.15, 0.2) is 0 Å². The van der Waals surface area contributed by atoms with Crippen LogP contribution in [0.3, 0.4) is 0 Å². The molecular formula is C20H32N4O9. The number of hydrogen-bond donors (Lipinski definition) is 6. The van der Waals surface area contributed by atoms with Gasteiger partial charge in [-0.15, -0.1) is 0 Å². The fraction of sp³-hybridized carbons (Fsp3) is 0.700. The van der Waals surface area contributed by atoms with E-state index in [1.807, 2.05) is 0 Å². The highest BCUT2D eigenvalue weighted by Gasteiger charge is 2.38. The fourth-order valence-corrected chi connectivity index (χ4v) is 3.49. The lowest BCUT2D eigenvalue weighted by atomic mass is 10.0. The van der Waals surface area contributed by atoms with Gasteiger partial charge in [0, 0.05) is 19.4 Å². The first-order valence-electron chi connectivity index (χ1n) is 10.7. The van der Waals surface area contributed by atoms with Crippen LogP contribution in [-0.4, -0.2) is 86.6 Å². The summed E-state index contributed by atoms with van der Waals surface area (Å²) in [4.78, 5) is 72.5. The average molecular weight is 472 g/mol. The van der Waals surface area contributed by atoms with Crippen molar-refractivity contribution in [1.29, 1.82) is 0 Å². The van der Waals surface area contributed by atoms with E-state index in [1.165, 1.54) is 4.90 Å². The van der Waals surface area contributed by atoms with Crippen molar-refractivity contribution in [2.45, 2.75) is 76.5 Å². The Bertz CT molecular complexity index is 771. The Morgan fingerprint density at radius 1 is 0.970 bits per heavy atom. The Labute approximate surface area is 190 Å². The monoisotopic (exact) mass is 472 g/mol. The van der Waals surface area contributed by atoms with Crippen molar-refractivity contribution in [1.82, 2.24) is 15.5 Å². The summed E-state index contributed by atoms with van der Waals surface area (Å²) >= 11 is 0. The summed E-state index contributed by atoms with van der Waals surface area (Å²) in [5, 5.41) is 31.8. The zero-order chi connectivity index (χ0) is 25.3. The number of aliphatic carboxylic acids is 3. The molecule has 3 amide bonds. The average Bonchev–Trinajstić information content (AvgIpc) is 3.21. The third-order valence-electron chi connectivity index (χ3n) is 5.34. The van der Waals surface area contributed by atoms with Crippen molar-refractivity contribution in [3.63, 3.8) is 0 Å². The van der Waals surface area contributed by atoms with Gasteiger partial charge >= 0.3 is 17.9 Å². The molecule has 1 aliphatic rings. The highest BCUT2D eigenvalue weighted by Crippen LogP contribution is 2.20. The van der Waals surface area contributed by atoms with E-state index < -0.39 is 72.1 Å². The van der Waals surface area contributed by atoms with Gasteiger partial charge < -0.3 is 36.6 Å². The smallest absolute Gasteiger partial charge is 0.326 e. The fourth-order valence-electron chi connectivity index (χ4n) is 3.49. The number of carboxylic acid groups (broad SMARTS) is 3. The number of amides is 3. The van der Waals surface area contributed by atoms with Gasteiger partial charge in [0.2, 0.25) is 17.7 Å². The summed E-state index contributed by atoms with van der Waals surface area (Å²) in [5.41, 5.74) is 5.78. The van der Waals surface area contributed by atoms with Crippen LogP contribution in [0, 0.1) is 5.92 Å². The molecule has 0 bridgehead atoms. The Morgan fingerprint density at radius 2 is 1.55 bits per heavy atom. The van der Waals surface area contributed by atoms with Crippen LogP contribution in [0.5, 0.6) is 0 Å². The molecule has 13 heteroatoms. The van der Waals surface area contributed by atoms with Gasteiger partial charge in [-0.2, -0.15) is 0 Å². The van der Waals surface area contributed by atoms with Crippen molar-refractivity contribution in [2.24, 2.45) is 11.7 Å². The molecule has 4 atom stereocenters. The quantitative estimate of drug-likeness (QED) is 0.187. The SMILES string of the molecule is CC(C)C(NC(=O)C(CCC(=O)O)NC(=O)C1CCCN1C(=O)C(N)CCC(=O)O)C(=O)O. The third-order valence-corrected chi connectivity index (χ3v) is 5.34. The third kappa shape index (κ3) is 8.67. The first-order chi connectivity index (χ1) is 15.3. The van der Waals surface area contributed by atoms with Gasteiger partial charge in [-0.05, 0) is 31.6 Å². The molecule has 0 aliphatic carbocycles. The summed E-state index contributed by atoms with van der Waals surface area (Å²) in [6.45, 7) is 3.39. The van der Waals surface area contributed by atoms with Gasteiger partial charge in [0.25, 0.3) is 0 Å². The van der Waals surface area contributed by atoms with Gasteiger partial charge in [-0.25, -0.2) is 4.79 Å². The number of nitrogens with two attached hydrogens (primary N) is 1. The molecule has 13 nitrogen and oxygen atoms in total. The highest BCUT2D eigenvalue weighted by molar-refractivity contribution is 5.94. The van der Waals surface area contributed by atoms with Gasteiger partial charge in [0.05, 0.1) is 6.04 Å². The van der Waals surface area contributed by atoms with Crippen molar-refractivity contribution in [3.05, 3.63) is 0 Å². The molecular weight excluding hydrogens is 440 g/mol. The minimum absolute atomic E-state index is 0.103. The van der Waals surface area contributed by atoms with Gasteiger partial charge in [0.1, 0.15) is 18.1 Å². The van der Waals surface area contributed by atoms with Crippen molar-refractivity contribution >= 4 is 35.6 Å². The maximum atomic E-state index is 12.9. The van der Waals surface area contributed by atoms with Crippen LogP contribution in [0.1, 0.15) is 52.4 Å². The standard InChI is InChI=1S/C20H32N4O9/c1-10(2)16(20(32)33)23-17(29)12(6-8-15(27)28)22-18(30)13-4-3-9-24(13)19(31)11(21)5-7-14(25)26/h10-13,16H,3-9,21H2,1-2H3,(H,22,30)(H,23,29)(H,25,26)(H,27,28)(H,32,33). The summed E-state index contributed by atoms with van der Waals surface area (Å²) in [6.07, 6.45) is -0.387. The number of nitrogens with one attached hydrogen (secondary N) is 2. The molecule has 4 unspecified atom stereocenters. The van der Waals surface area contributed by atoms with Gasteiger partial charge in [-0.1, -0.05) is 13.8 Å². The molecule has 0 radical (unpaired) electrons. The molecule has 1 rings (SSSR count). The number of rotatable bonds is 13. The largest absolute Gasteiger partial charge is 0.481 e. The van der Waals surface area contributed by atoms with E-state index >= 15 is 0 Å². The molecule has 1 saturated heterocycles. The molecule has 186 valence electrons. The molecule has 0 aromatic carbocycles. The van der Waals surface area contributed by atoms with E-state index in [0.29, 0.717) is 6.42 Å². The topological polar surface area (TPSA) is 216 Å². The lowest BCUT2D eigenvalue weighted by Crippen LogP contribution is -2.57. The Balaban J connectivity index is 2.92. The van der Waals surface area contributed by atoms with Crippen molar-refractivity contribution < 1.29 is 44.1 Å². The predicted molar refractivity (Wildman–Crippen MR) is 113 cm³/mol. The normalized spacial score (nSPS) is 18.3. The summed E-state index contributed by atoms with van der Waals surface area (Å²) < 4.78 is 0. The van der Waals surface area contributed by atoms with Crippen LogP contribution >= 0.6 is 0 Å². The van der Waals surface area contributed by atoms with Crippen LogP contribution in [0.25, 0.3) is 0 Å². The minimum Gasteiger partial charge on any atom is -0.481 e. The van der Waals surface area contributed by atoms with Crippen LogP contribution in [0.4, 0.5) is 0 Å². The molecule has 1 aliphatic heterocycles. The Morgan fingerprint density at radius 3 is 2.06 bits per heavy atom. The lowest BCUT2D eigenvalue weighted by Gasteiger charge is -2.28.